The number of nitrogens with zero attached hydrogens (tertiary/aromatic N) is 2. The third-order valence-corrected chi connectivity index (χ3v) is 3.54. The Morgan fingerprint density at radius 1 is 1.23 bits per heavy atom. The minimum Gasteiger partial charge on any atom is -0.497 e. The summed E-state index contributed by atoms with van der Waals surface area (Å²) < 4.78 is 12.6. The largest absolute Gasteiger partial charge is 0.497 e. The number of carbonyl (C=O) groups excluding carboxylic acids is 1. The minimum atomic E-state index is -0.237. The molecule has 5 nitrogen and oxygen atoms in total. The highest BCUT2D eigenvalue weighted by Crippen LogP contribution is 2.25. The molecule has 0 aliphatic carbocycles. The Bertz CT molecular complexity index is 964. The fraction of sp³-hybridized carbons (Fsp3) is 0.0588. The maximum Gasteiger partial charge on any atom is 0.248 e. The van der Waals surface area contributed by atoms with Gasteiger partial charge in [0, 0.05) is 17.8 Å². The number of furan rings is 1. The topological polar surface area (TPSA) is 56.7 Å². The standard InChI is InChI=1S/C17H12N2O3/c1-21-12-5-6-14-11(8-12)9-15(22-14)17(20)13-10-19-7-3-2-4-16(19)18-13/h2-10H,1H3. The molecule has 0 saturated heterocycles. The lowest BCUT2D eigenvalue weighted by Crippen LogP contribution is -1.99. The van der Waals surface area contributed by atoms with Crippen molar-refractivity contribution in [3.8, 4) is 5.75 Å². The Balaban J connectivity index is 1.78. The zero-order valence-corrected chi connectivity index (χ0v) is 11.8. The number of methoxy groups -OCH3 is 1. The van der Waals surface area contributed by atoms with Gasteiger partial charge in [-0.15, -0.1) is 0 Å². The molecule has 3 heterocycles. The van der Waals surface area contributed by atoms with Crippen molar-refractivity contribution in [2.75, 3.05) is 7.11 Å². The summed E-state index contributed by atoms with van der Waals surface area (Å²) in [5.41, 5.74) is 1.73. The second kappa shape index (κ2) is 4.73. The van der Waals surface area contributed by atoms with Crippen LogP contribution in [0.3, 0.4) is 0 Å². The third kappa shape index (κ3) is 1.95. The number of benzene rings is 1. The van der Waals surface area contributed by atoms with Gasteiger partial charge in [-0.25, -0.2) is 4.98 Å². The van der Waals surface area contributed by atoms with Gasteiger partial charge in [0.2, 0.25) is 5.78 Å². The van der Waals surface area contributed by atoms with Gasteiger partial charge in [-0.2, -0.15) is 0 Å². The molecule has 0 radical (unpaired) electrons. The van der Waals surface area contributed by atoms with Crippen LogP contribution in [0.4, 0.5) is 0 Å². The van der Waals surface area contributed by atoms with E-state index in [1.54, 1.807) is 35.9 Å². The first-order valence-corrected chi connectivity index (χ1v) is 6.80. The maximum atomic E-state index is 12.5. The number of ketones is 1. The van der Waals surface area contributed by atoms with E-state index < -0.39 is 0 Å². The second-order valence-corrected chi connectivity index (χ2v) is 4.94. The van der Waals surface area contributed by atoms with E-state index in [4.69, 9.17) is 9.15 Å². The van der Waals surface area contributed by atoms with Gasteiger partial charge >= 0.3 is 0 Å². The number of hydrogen-bond donors (Lipinski definition) is 0. The van der Waals surface area contributed by atoms with Crippen LogP contribution in [-0.2, 0) is 0 Å². The average molecular weight is 292 g/mol. The monoisotopic (exact) mass is 292 g/mol. The molecular weight excluding hydrogens is 280 g/mol. The predicted molar refractivity (Wildman–Crippen MR) is 81.4 cm³/mol. The SMILES string of the molecule is COc1ccc2oc(C(=O)c3cn4ccccc4n3)cc2c1. The summed E-state index contributed by atoms with van der Waals surface area (Å²) in [7, 11) is 1.60. The molecule has 0 unspecified atom stereocenters. The first kappa shape index (κ1) is 12.6. The molecule has 4 rings (SSSR count). The van der Waals surface area contributed by atoms with Crippen molar-refractivity contribution in [3.05, 3.63) is 66.3 Å². The van der Waals surface area contributed by atoms with Crippen molar-refractivity contribution >= 4 is 22.4 Å². The first-order chi connectivity index (χ1) is 10.7. The van der Waals surface area contributed by atoms with Crippen LogP contribution < -0.4 is 4.74 Å². The first-order valence-electron chi connectivity index (χ1n) is 6.80. The zero-order chi connectivity index (χ0) is 15.1. The van der Waals surface area contributed by atoms with Crippen LogP contribution in [0.2, 0.25) is 0 Å². The molecule has 0 spiro atoms. The van der Waals surface area contributed by atoms with Gasteiger partial charge in [0.05, 0.1) is 7.11 Å². The Hall–Kier alpha value is -3.08. The second-order valence-electron chi connectivity index (χ2n) is 4.94. The molecule has 0 aliphatic rings. The molecule has 0 aliphatic heterocycles. The van der Waals surface area contributed by atoms with Gasteiger partial charge in [-0.3, -0.25) is 4.79 Å². The predicted octanol–water partition coefficient (Wildman–Crippen LogP) is 3.32. The summed E-state index contributed by atoms with van der Waals surface area (Å²) in [5, 5.41) is 0.825. The van der Waals surface area contributed by atoms with Crippen molar-refractivity contribution < 1.29 is 13.9 Å². The highest BCUT2D eigenvalue weighted by atomic mass is 16.5. The Morgan fingerprint density at radius 3 is 2.95 bits per heavy atom. The Labute approximate surface area is 125 Å². The van der Waals surface area contributed by atoms with E-state index in [-0.39, 0.29) is 11.5 Å². The van der Waals surface area contributed by atoms with Crippen molar-refractivity contribution in [1.29, 1.82) is 0 Å². The molecule has 3 aromatic heterocycles. The fourth-order valence-corrected chi connectivity index (χ4v) is 2.43. The number of rotatable bonds is 3. The van der Waals surface area contributed by atoms with Crippen LogP contribution in [0.15, 0.2) is 59.3 Å². The number of ether oxygens (including phenoxy) is 1. The van der Waals surface area contributed by atoms with E-state index in [9.17, 15) is 4.79 Å². The summed E-state index contributed by atoms with van der Waals surface area (Å²) >= 11 is 0. The van der Waals surface area contributed by atoms with Crippen LogP contribution in [0.5, 0.6) is 5.75 Å². The smallest absolute Gasteiger partial charge is 0.248 e. The van der Waals surface area contributed by atoms with E-state index in [2.05, 4.69) is 4.98 Å². The minimum absolute atomic E-state index is 0.237. The van der Waals surface area contributed by atoms with Gasteiger partial charge in [0.15, 0.2) is 5.76 Å². The molecule has 0 N–H and O–H groups in total. The number of carbonyl (C=O) groups is 1. The Morgan fingerprint density at radius 2 is 2.14 bits per heavy atom. The molecule has 0 amide bonds. The van der Waals surface area contributed by atoms with Crippen molar-refractivity contribution in [1.82, 2.24) is 9.38 Å². The quantitative estimate of drug-likeness (QED) is 0.543. The number of imidazole rings is 1. The third-order valence-electron chi connectivity index (χ3n) is 3.54. The van der Waals surface area contributed by atoms with Crippen molar-refractivity contribution in [3.63, 3.8) is 0 Å². The Kier molecular flexibility index (Phi) is 2.72. The fourth-order valence-electron chi connectivity index (χ4n) is 2.43. The average Bonchev–Trinajstić information content (AvgIpc) is 3.16. The van der Waals surface area contributed by atoms with Gasteiger partial charge in [-0.1, -0.05) is 6.07 Å². The van der Waals surface area contributed by atoms with Crippen LogP contribution in [0, 0.1) is 0 Å². The molecule has 0 bridgehead atoms. The van der Waals surface area contributed by atoms with E-state index in [1.165, 1.54) is 0 Å². The lowest BCUT2D eigenvalue weighted by molar-refractivity contribution is 0.101. The molecule has 0 atom stereocenters. The highest BCUT2D eigenvalue weighted by Gasteiger charge is 2.18. The summed E-state index contributed by atoms with van der Waals surface area (Å²) in [4.78, 5) is 16.9. The summed E-state index contributed by atoms with van der Waals surface area (Å²) in [6, 6.07) is 12.7. The van der Waals surface area contributed by atoms with Crippen molar-refractivity contribution in [2.24, 2.45) is 0 Å². The molecule has 5 heteroatoms. The van der Waals surface area contributed by atoms with Gasteiger partial charge in [0.25, 0.3) is 0 Å². The van der Waals surface area contributed by atoms with Crippen LogP contribution >= 0.6 is 0 Å². The summed E-state index contributed by atoms with van der Waals surface area (Å²) in [5.74, 6) is 0.755. The zero-order valence-electron chi connectivity index (χ0n) is 11.8. The molecule has 4 aromatic rings. The van der Waals surface area contributed by atoms with Gasteiger partial charge in [0.1, 0.15) is 22.7 Å². The number of fused-ring (bicyclic) bond motifs is 2. The number of hydrogen-bond acceptors (Lipinski definition) is 4. The van der Waals surface area contributed by atoms with Gasteiger partial charge in [-0.05, 0) is 36.4 Å². The molecular formula is C17H12N2O3. The molecule has 0 saturated carbocycles. The molecule has 108 valence electrons. The van der Waals surface area contributed by atoms with E-state index in [1.807, 2.05) is 30.5 Å². The lowest BCUT2D eigenvalue weighted by Gasteiger charge is -1.96. The van der Waals surface area contributed by atoms with Crippen LogP contribution in [0.1, 0.15) is 16.2 Å². The van der Waals surface area contributed by atoms with Crippen LogP contribution in [0.25, 0.3) is 16.6 Å². The van der Waals surface area contributed by atoms with Crippen molar-refractivity contribution in [2.45, 2.75) is 0 Å². The summed E-state index contributed by atoms with van der Waals surface area (Å²) in [6.45, 7) is 0. The van der Waals surface area contributed by atoms with Crippen LogP contribution in [-0.4, -0.2) is 22.3 Å². The molecule has 22 heavy (non-hydrogen) atoms. The molecule has 1 aromatic carbocycles. The molecule has 0 fully saturated rings. The number of aromatic nitrogens is 2. The van der Waals surface area contributed by atoms with E-state index in [0.29, 0.717) is 11.3 Å². The summed E-state index contributed by atoms with van der Waals surface area (Å²) in [6.07, 6.45) is 3.55. The van der Waals surface area contributed by atoms with E-state index in [0.717, 1.165) is 16.8 Å². The van der Waals surface area contributed by atoms with E-state index >= 15 is 0 Å². The van der Waals surface area contributed by atoms with Gasteiger partial charge < -0.3 is 13.6 Å². The number of pyridine rings is 1. The maximum absolute atomic E-state index is 12.5. The normalized spacial score (nSPS) is 11.1. The lowest BCUT2D eigenvalue weighted by atomic mass is 10.2. The highest BCUT2D eigenvalue weighted by molar-refractivity contribution is 6.08.